The fourth-order valence-electron chi connectivity index (χ4n) is 1.43. The molecule has 0 aliphatic rings. The zero-order chi connectivity index (χ0) is 13.1. The van der Waals surface area contributed by atoms with E-state index in [1.165, 1.54) is 0 Å². The Morgan fingerprint density at radius 3 is 2.35 bits per heavy atom. The van der Waals surface area contributed by atoms with Crippen LogP contribution >= 0.6 is 34.8 Å². The van der Waals surface area contributed by atoms with Crippen LogP contribution in [-0.4, -0.2) is 17.3 Å². The number of nitrogens with one attached hydrogen (secondary N) is 1. The van der Waals surface area contributed by atoms with E-state index in [2.05, 4.69) is 5.32 Å². The van der Waals surface area contributed by atoms with Crippen LogP contribution in [0.5, 0.6) is 0 Å². The van der Waals surface area contributed by atoms with Gasteiger partial charge in [0.1, 0.15) is 0 Å². The number of benzene rings is 1. The summed E-state index contributed by atoms with van der Waals surface area (Å²) in [6.07, 6.45) is 0.656. The second kappa shape index (κ2) is 6.26. The van der Waals surface area contributed by atoms with Crippen molar-refractivity contribution in [1.29, 1.82) is 0 Å². The number of aliphatic hydroxyl groups excluding tert-OH is 1. The van der Waals surface area contributed by atoms with Gasteiger partial charge in [-0.1, -0.05) is 34.8 Å². The molecule has 0 saturated carbocycles. The van der Waals surface area contributed by atoms with Gasteiger partial charge in [0.2, 0.25) is 0 Å². The van der Waals surface area contributed by atoms with Gasteiger partial charge in [-0.05, 0) is 32.4 Å². The van der Waals surface area contributed by atoms with Crippen LogP contribution in [0.15, 0.2) is 12.1 Å². The van der Waals surface area contributed by atoms with Gasteiger partial charge in [-0.25, -0.2) is 0 Å². The summed E-state index contributed by atoms with van der Waals surface area (Å²) in [5.41, 5.74) is 0.607. The molecule has 0 bridgehead atoms. The largest absolute Gasteiger partial charge is 0.396 e. The number of rotatable bonds is 5. The molecule has 0 aliphatic heterocycles. The van der Waals surface area contributed by atoms with E-state index in [0.29, 0.717) is 28.0 Å². The molecule has 0 aliphatic carbocycles. The Labute approximate surface area is 117 Å². The highest BCUT2D eigenvalue weighted by atomic mass is 35.5. The van der Waals surface area contributed by atoms with Crippen LogP contribution in [0.1, 0.15) is 25.8 Å². The van der Waals surface area contributed by atoms with E-state index >= 15 is 0 Å². The Morgan fingerprint density at radius 1 is 1.18 bits per heavy atom. The van der Waals surface area contributed by atoms with Gasteiger partial charge < -0.3 is 10.4 Å². The van der Waals surface area contributed by atoms with Gasteiger partial charge in [0.05, 0.1) is 10.0 Å². The van der Waals surface area contributed by atoms with Crippen molar-refractivity contribution in [3.63, 3.8) is 0 Å². The molecule has 0 aromatic heterocycles. The standard InChI is InChI=1S/C12H16Cl3NO/c1-12(2,5-6-17)16-7-8-9(13)3-4-10(14)11(8)15/h3-4,16-17H,5-7H2,1-2H3. The van der Waals surface area contributed by atoms with E-state index in [9.17, 15) is 0 Å². The van der Waals surface area contributed by atoms with Gasteiger partial charge >= 0.3 is 0 Å². The second-order valence-corrected chi connectivity index (χ2v) is 5.73. The van der Waals surface area contributed by atoms with E-state index in [-0.39, 0.29) is 12.1 Å². The normalized spacial score (nSPS) is 11.9. The summed E-state index contributed by atoms with van der Waals surface area (Å²) in [5.74, 6) is 0. The first-order chi connectivity index (χ1) is 7.87. The summed E-state index contributed by atoms with van der Waals surface area (Å²) in [4.78, 5) is 0. The molecule has 0 fully saturated rings. The third-order valence-corrected chi connectivity index (χ3v) is 3.82. The predicted octanol–water partition coefficient (Wildman–Crippen LogP) is 3.90. The first-order valence-electron chi connectivity index (χ1n) is 5.35. The SMILES string of the molecule is CC(C)(CCO)NCc1c(Cl)ccc(Cl)c1Cl. The lowest BCUT2D eigenvalue weighted by Gasteiger charge is -2.26. The maximum atomic E-state index is 8.94. The zero-order valence-electron chi connectivity index (χ0n) is 9.86. The van der Waals surface area contributed by atoms with Crippen LogP contribution in [0, 0.1) is 0 Å². The lowest BCUT2D eigenvalue weighted by Crippen LogP contribution is -2.39. The maximum absolute atomic E-state index is 8.94. The molecule has 2 N–H and O–H groups in total. The monoisotopic (exact) mass is 295 g/mol. The van der Waals surface area contributed by atoms with Crippen LogP contribution in [-0.2, 0) is 6.54 Å². The molecule has 1 aromatic carbocycles. The molecule has 0 spiro atoms. The van der Waals surface area contributed by atoms with Gasteiger partial charge in [0.25, 0.3) is 0 Å². The van der Waals surface area contributed by atoms with Gasteiger partial charge in [0.15, 0.2) is 0 Å². The molecule has 17 heavy (non-hydrogen) atoms. The van der Waals surface area contributed by atoms with Gasteiger partial charge in [-0.15, -0.1) is 0 Å². The van der Waals surface area contributed by atoms with Gasteiger partial charge in [-0.3, -0.25) is 0 Å². The molecular formula is C12H16Cl3NO. The zero-order valence-corrected chi connectivity index (χ0v) is 12.1. The lowest BCUT2D eigenvalue weighted by molar-refractivity contribution is 0.230. The molecule has 0 amide bonds. The summed E-state index contributed by atoms with van der Waals surface area (Å²) in [5, 5.41) is 13.8. The highest BCUT2D eigenvalue weighted by molar-refractivity contribution is 6.44. The number of aliphatic hydroxyl groups is 1. The third-order valence-electron chi connectivity index (χ3n) is 2.62. The Balaban J connectivity index is 2.79. The van der Waals surface area contributed by atoms with E-state index in [0.717, 1.165) is 5.56 Å². The van der Waals surface area contributed by atoms with Crippen molar-refractivity contribution >= 4 is 34.8 Å². The first-order valence-corrected chi connectivity index (χ1v) is 6.49. The topological polar surface area (TPSA) is 32.3 Å². The smallest absolute Gasteiger partial charge is 0.0652 e. The third kappa shape index (κ3) is 4.31. The highest BCUT2D eigenvalue weighted by Gasteiger charge is 2.18. The Morgan fingerprint density at radius 2 is 1.76 bits per heavy atom. The van der Waals surface area contributed by atoms with Gasteiger partial charge in [-0.2, -0.15) is 0 Å². The van der Waals surface area contributed by atoms with Gasteiger partial charge in [0, 0.05) is 29.3 Å². The minimum absolute atomic E-state index is 0.136. The molecule has 96 valence electrons. The number of hydrogen-bond donors (Lipinski definition) is 2. The van der Waals surface area contributed by atoms with Crippen LogP contribution in [0.2, 0.25) is 15.1 Å². The number of halogens is 3. The molecule has 0 radical (unpaired) electrons. The van der Waals surface area contributed by atoms with Crippen LogP contribution in [0.25, 0.3) is 0 Å². The molecule has 1 aromatic rings. The molecule has 0 heterocycles. The maximum Gasteiger partial charge on any atom is 0.0652 e. The van der Waals surface area contributed by atoms with Crippen LogP contribution < -0.4 is 5.32 Å². The molecule has 1 rings (SSSR count). The molecule has 5 heteroatoms. The molecule has 0 unspecified atom stereocenters. The highest BCUT2D eigenvalue weighted by Crippen LogP contribution is 2.31. The van der Waals surface area contributed by atoms with E-state index in [1.807, 2.05) is 13.8 Å². The minimum Gasteiger partial charge on any atom is -0.396 e. The van der Waals surface area contributed by atoms with E-state index in [1.54, 1.807) is 12.1 Å². The summed E-state index contributed by atoms with van der Waals surface area (Å²) >= 11 is 18.1. The number of hydrogen-bond acceptors (Lipinski definition) is 2. The Kier molecular flexibility index (Phi) is 5.55. The van der Waals surface area contributed by atoms with Crippen molar-refractivity contribution in [3.05, 3.63) is 32.8 Å². The van der Waals surface area contributed by atoms with Crippen molar-refractivity contribution in [3.8, 4) is 0 Å². The van der Waals surface area contributed by atoms with Crippen molar-refractivity contribution in [2.45, 2.75) is 32.4 Å². The predicted molar refractivity (Wildman–Crippen MR) is 74.1 cm³/mol. The van der Waals surface area contributed by atoms with Crippen molar-refractivity contribution in [1.82, 2.24) is 5.32 Å². The summed E-state index contributed by atoms with van der Waals surface area (Å²) in [6.45, 7) is 4.67. The minimum atomic E-state index is -0.177. The summed E-state index contributed by atoms with van der Waals surface area (Å²) < 4.78 is 0. The van der Waals surface area contributed by atoms with E-state index in [4.69, 9.17) is 39.9 Å². The van der Waals surface area contributed by atoms with Crippen LogP contribution in [0.3, 0.4) is 0 Å². The molecule has 0 atom stereocenters. The fourth-order valence-corrected chi connectivity index (χ4v) is 2.11. The molecular weight excluding hydrogens is 280 g/mol. The molecule has 0 saturated heterocycles. The Hall–Kier alpha value is 0.01000. The second-order valence-electron chi connectivity index (χ2n) is 4.53. The Bertz CT molecular complexity index is 394. The van der Waals surface area contributed by atoms with Crippen LogP contribution in [0.4, 0.5) is 0 Å². The van der Waals surface area contributed by atoms with Crippen molar-refractivity contribution in [2.75, 3.05) is 6.61 Å². The van der Waals surface area contributed by atoms with Crippen molar-refractivity contribution in [2.24, 2.45) is 0 Å². The first kappa shape index (κ1) is 15.1. The lowest BCUT2D eigenvalue weighted by atomic mass is 10.0. The summed E-state index contributed by atoms with van der Waals surface area (Å²) in [7, 11) is 0. The fraction of sp³-hybridized carbons (Fsp3) is 0.500. The average Bonchev–Trinajstić information content (AvgIpc) is 2.23. The summed E-state index contributed by atoms with van der Waals surface area (Å²) in [6, 6.07) is 3.40. The quantitative estimate of drug-likeness (QED) is 0.808. The average molecular weight is 297 g/mol. The van der Waals surface area contributed by atoms with Crippen molar-refractivity contribution < 1.29 is 5.11 Å². The van der Waals surface area contributed by atoms with E-state index < -0.39 is 0 Å². The molecule has 2 nitrogen and oxygen atoms in total.